The van der Waals surface area contributed by atoms with Crippen molar-refractivity contribution < 1.29 is 14.7 Å². The van der Waals surface area contributed by atoms with E-state index < -0.39 is 11.9 Å². The van der Waals surface area contributed by atoms with Crippen LogP contribution in [0.1, 0.15) is 31.0 Å². The second-order valence-electron chi connectivity index (χ2n) is 6.80. The summed E-state index contributed by atoms with van der Waals surface area (Å²) >= 11 is 0. The maximum Gasteiger partial charge on any atom is 0.307 e. The highest BCUT2D eigenvalue weighted by Crippen LogP contribution is 2.41. The molecular weight excluding hydrogens is 320 g/mol. The van der Waals surface area contributed by atoms with Gasteiger partial charge in [-0.25, -0.2) is 4.98 Å². The number of aromatic amines is 1. The number of aliphatic carboxylic acids is 1. The number of H-pyrrole nitrogens is 1. The fraction of sp³-hybridized carbons (Fsp3) is 0.444. The SMILES string of the molecule is O=C(O)C1CC1C(=O)N1CCC(c2nc(-c3ccccc3)n[nH]2)CC1. The lowest BCUT2D eigenvalue weighted by Crippen LogP contribution is -2.39. The van der Waals surface area contributed by atoms with Crippen LogP contribution < -0.4 is 0 Å². The van der Waals surface area contributed by atoms with Crippen molar-refractivity contribution >= 4 is 11.9 Å². The highest BCUT2D eigenvalue weighted by Gasteiger charge is 2.50. The predicted molar refractivity (Wildman–Crippen MR) is 89.6 cm³/mol. The fourth-order valence-corrected chi connectivity index (χ4v) is 3.52. The average Bonchev–Trinajstić information content (AvgIpc) is 3.31. The molecule has 1 aliphatic heterocycles. The summed E-state index contributed by atoms with van der Waals surface area (Å²) in [6.45, 7) is 1.29. The minimum absolute atomic E-state index is 0.00612. The summed E-state index contributed by atoms with van der Waals surface area (Å²) in [6.07, 6.45) is 2.12. The molecule has 2 atom stereocenters. The number of piperidine rings is 1. The Morgan fingerprint density at radius 3 is 2.48 bits per heavy atom. The lowest BCUT2D eigenvalue weighted by Gasteiger charge is -2.31. The van der Waals surface area contributed by atoms with E-state index in [-0.39, 0.29) is 17.7 Å². The molecule has 2 N–H and O–H groups in total. The number of likely N-dealkylation sites (tertiary alicyclic amines) is 1. The summed E-state index contributed by atoms with van der Waals surface area (Å²) in [7, 11) is 0. The molecule has 0 radical (unpaired) electrons. The Bertz CT molecular complexity index is 781. The van der Waals surface area contributed by atoms with E-state index in [0.717, 1.165) is 24.2 Å². The maximum absolute atomic E-state index is 12.3. The molecule has 7 nitrogen and oxygen atoms in total. The van der Waals surface area contributed by atoms with Gasteiger partial charge >= 0.3 is 5.97 Å². The standard InChI is InChI=1S/C18H20N4O3/c23-17(13-10-14(13)18(24)25)22-8-6-12(7-9-22)16-19-15(20-21-16)11-4-2-1-3-5-11/h1-5,12-14H,6-10H2,(H,24,25)(H,19,20,21). The van der Waals surface area contributed by atoms with Gasteiger partial charge in [0.05, 0.1) is 11.8 Å². The van der Waals surface area contributed by atoms with Gasteiger partial charge in [-0.05, 0) is 19.3 Å². The zero-order valence-corrected chi connectivity index (χ0v) is 13.8. The van der Waals surface area contributed by atoms with Gasteiger partial charge in [0.25, 0.3) is 0 Å². The van der Waals surface area contributed by atoms with Crippen LogP contribution in [0.5, 0.6) is 0 Å². The molecule has 2 unspecified atom stereocenters. The number of carboxylic acid groups (broad SMARTS) is 1. The van der Waals surface area contributed by atoms with Crippen molar-refractivity contribution in [3.63, 3.8) is 0 Å². The smallest absolute Gasteiger partial charge is 0.307 e. The molecule has 1 aromatic heterocycles. The first-order valence-electron chi connectivity index (χ1n) is 8.63. The Morgan fingerprint density at radius 1 is 1.12 bits per heavy atom. The number of hydrogen-bond acceptors (Lipinski definition) is 4. The van der Waals surface area contributed by atoms with Gasteiger partial charge in [-0.3, -0.25) is 14.7 Å². The number of benzene rings is 1. The average molecular weight is 340 g/mol. The van der Waals surface area contributed by atoms with Crippen molar-refractivity contribution in [2.75, 3.05) is 13.1 Å². The lowest BCUT2D eigenvalue weighted by atomic mass is 9.96. The van der Waals surface area contributed by atoms with Crippen LogP contribution in [-0.2, 0) is 9.59 Å². The van der Waals surface area contributed by atoms with Gasteiger partial charge in [0, 0.05) is 24.6 Å². The third-order valence-electron chi connectivity index (χ3n) is 5.15. The van der Waals surface area contributed by atoms with E-state index in [4.69, 9.17) is 5.11 Å². The second-order valence-corrected chi connectivity index (χ2v) is 6.80. The molecule has 2 aromatic rings. The first kappa shape index (κ1) is 15.8. The molecule has 0 spiro atoms. The van der Waals surface area contributed by atoms with Crippen molar-refractivity contribution in [2.45, 2.75) is 25.2 Å². The molecule has 4 rings (SSSR count). The van der Waals surface area contributed by atoms with Gasteiger partial charge in [-0.1, -0.05) is 30.3 Å². The van der Waals surface area contributed by atoms with Gasteiger partial charge in [-0.15, -0.1) is 0 Å². The monoisotopic (exact) mass is 340 g/mol. The first-order valence-corrected chi connectivity index (χ1v) is 8.63. The van der Waals surface area contributed by atoms with E-state index in [1.807, 2.05) is 30.3 Å². The van der Waals surface area contributed by atoms with E-state index in [2.05, 4.69) is 15.2 Å². The van der Waals surface area contributed by atoms with Crippen molar-refractivity contribution in [1.82, 2.24) is 20.1 Å². The molecule has 130 valence electrons. The molecule has 2 aliphatic rings. The Balaban J connectivity index is 1.36. The molecule has 2 fully saturated rings. The number of amides is 1. The largest absolute Gasteiger partial charge is 0.481 e. The van der Waals surface area contributed by atoms with Crippen LogP contribution in [-0.4, -0.2) is 50.2 Å². The van der Waals surface area contributed by atoms with Crippen molar-refractivity contribution in [3.8, 4) is 11.4 Å². The zero-order valence-electron chi connectivity index (χ0n) is 13.8. The summed E-state index contributed by atoms with van der Waals surface area (Å²) in [6, 6.07) is 9.82. The molecule has 1 amide bonds. The van der Waals surface area contributed by atoms with E-state index in [1.165, 1.54) is 0 Å². The molecule has 1 aliphatic carbocycles. The van der Waals surface area contributed by atoms with Gasteiger partial charge < -0.3 is 10.0 Å². The number of carboxylic acids is 1. The molecule has 1 aromatic carbocycles. The van der Waals surface area contributed by atoms with Crippen LogP contribution in [0, 0.1) is 11.8 Å². The van der Waals surface area contributed by atoms with Gasteiger partial charge in [0.1, 0.15) is 5.82 Å². The number of aromatic nitrogens is 3. The summed E-state index contributed by atoms with van der Waals surface area (Å²) in [5.74, 6) is 0.148. The minimum atomic E-state index is -0.858. The summed E-state index contributed by atoms with van der Waals surface area (Å²) in [4.78, 5) is 29.7. The van der Waals surface area contributed by atoms with E-state index in [9.17, 15) is 9.59 Å². The predicted octanol–water partition coefficient (Wildman–Crippen LogP) is 1.90. The maximum atomic E-state index is 12.3. The number of nitrogens with zero attached hydrogens (tertiary/aromatic N) is 3. The normalized spacial score (nSPS) is 23.4. The number of carbonyl (C=O) groups excluding carboxylic acids is 1. The molecule has 25 heavy (non-hydrogen) atoms. The zero-order chi connectivity index (χ0) is 17.4. The Morgan fingerprint density at radius 2 is 1.84 bits per heavy atom. The van der Waals surface area contributed by atoms with E-state index in [0.29, 0.717) is 25.3 Å². The van der Waals surface area contributed by atoms with Crippen LogP contribution >= 0.6 is 0 Å². The quantitative estimate of drug-likeness (QED) is 0.885. The molecule has 2 heterocycles. The summed E-state index contributed by atoms with van der Waals surface area (Å²) in [5.41, 5.74) is 0.978. The number of rotatable bonds is 4. The van der Waals surface area contributed by atoms with E-state index >= 15 is 0 Å². The van der Waals surface area contributed by atoms with Crippen LogP contribution in [0.15, 0.2) is 30.3 Å². The van der Waals surface area contributed by atoms with Crippen LogP contribution in [0.2, 0.25) is 0 Å². The number of nitrogens with one attached hydrogen (secondary N) is 1. The Hall–Kier alpha value is -2.70. The Kier molecular flexibility index (Phi) is 3.99. The molecular formula is C18H20N4O3. The van der Waals surface area contributed by atoms with Gasteiger partial charge in [0.15, 0.2) is 5.82 Å². The number of carbonyl (C=O) groups is 2. The third kappa shape index (κ3) is 3.14. The Labute approximate surface area is 145 Å². The van der Waals surface area contributed by atoms with Crippen molar-refractivity contribution in [2.24, 2.45) is 11.8 Å². The second kappa shape index (κ2) is 6.31. The van der Waals surface area contributed by atoms with Crippen molar-refractivity contribution in [1.29, 1.82) is 0 Å². The third-order valence-corrected chi connectivity index (χ3v) is 5.15. The lowest BCUT2D eigenvalue weighted by molar-refractivity contribution is -0.142. The molecule has 0 bridgehead atoms. The van der Waals surface area contributed by atoms with Crippen LogP contribution in [0.3, 0.4) is 0 Å². The van der Waals surface area contributed by atoms with Crippen LogP contribution in [0.4, 0.5) is 0 Å². The van der Waals surface area contributed by atoms with E-state index in [1.54, 1.807) is 4.90 Å². The highest BCUT2D eigenvalue weighted by atomic mass is 16.4. The van der Waals surface area contributed by atoms with Gasteiger partial charge in [0.2, 0.25) is 5.91 Å². The fourth-order valence-electron chi connectivity index (χ4n) is 3.52. The topological polar surface area (TPSA) is 99.2 Å². The van der Waals surface area contributed by atoms with Crippen molar-refractivity contribution in [3.05, 3.63) is 36.2 Å². The van der Waals surface area contributed by atoms with Crippen LogP contribution in [0.25, 0.3) is 11.4 Å². The molecule has 1 saturated heterocycles. The molecule has 1 saturated carbocycles. The summed E-state index contributed by atoms with van der Waals surface area (Å²) < 4.78 is 0. The number of hydrogen-bond donors (Lipinski definition) is 2. The van der Waals surface area contributed by atoms with Gasteiger partial charge in [-0.2, -0.15) is 5.10 Å². The molecule has 7 heteroatoms. The first-order chi connectivity index (χ1) is 12.1. The summed E-state index contributed by atoms with van der Waals surface area (Å²) in [5, 5.41) is 16.3. The minimum Gasteiger partial charge on any atom is -0.481 e. The highest BCUT2D eigenvalue weighted by molar-refractivity contribution is 5.89.